The molecule has 3 heteroatoms. The molecule has 118 valence electrons. The third-order valence-corrected chi connectivity index (χ3v) is 4.11. The van der Waals surface area contributed by atoms with Gasteiger partial charge in [0, 0.05) is 19.2 Å². The Morgan fingerprint density at radius 3 is 2.55 bits per heavy atom. The van der Waals surface area contributed by atoms with Crippen LogP contribution in [0.4, 0.5) is 0 Å². The van der Waals surface area contributed by atoms with Gasteiger partial charge < -0.3 is 15.5 Å². The highest BCUT2D eigenvalue weighted by molar-refractivity contribution is 5.29. The summed E-state index contributed by atoms with van der Waals surface area (Å²) in [5.41, 5.74) is 3.60. The molecule has 3 N–H and O–H groups in total. The molecule has 0 saturated carbocycles. The van der Waals surface area contributed by atoms with E-state index in [2.05, 4.69) is 31.3 Å². The van der Waals surface area contributed by atoms with E-state index in [1.54, 1.807) is 12.1 Å². The molecule has 3 nitrogen and oxygen atoms in total. The fourth-order valence-electron chi connectivity index (χ4n) is 2.61. The van der Waals surface area contributed by atoms with Crippen LogP contribution in [-0.4, -0.2) is 23.4 Å². The third kappa shape index (κ3) is 4.58. The van der Waals surface area contributed by atoms with Gasteiger partial charge in [-0.2, -0.15) is 0 Å². The monoisotopic (exact) mass is 299 g/mol. The van der Waals surface area contributed by atoms with Crippen LogP contribution in [0.25, 0.3) is 0 Å². The number of hydrogen-bond donors (Lipinski definition) is 3. The summed E-state index contributed by atoms with van der Waals surface area (Å²) in [5.74, 6) is 0.464. The van der Waals surface area contributed by atoms with E-state index in [1.807, 2.05) is 24.3 Å². The van der Waals surface area contributed by atoms with Gasteiger partial charge in [0.15, 0.2) is 0 Å². The lowest BCUT2D eigenvalue weighted by Gasteiger charge is -2.20. The second kappa shape index (κ2) is 7.97. The Labute approximate surface area is 132 Å². The molecule has 0 amide bonds. The van der Waals surface area contributed by atoms with Crippen LogP contribution in [0.2, 0.25) is 0 Å². The first-order chi connectivity index (χ1) is 10.6. The molecule has 0 saturated heterocycles. The average molecular weight is 299 g/mol. The number of phenols is 1. The van der Waals surface area contributed by atoms with E-state index in [9.17, 15) is 10.2 Å². The number of hydrogen-bond acceptors (Lipinski definition) is 3. The lowest BCUT2D eigenvalue weighted by Crippen LogP contribution is -2.29. The molecule has 2 aromatic carbocycles. The average Bonchev–Trinajstić information content (AvgIpc) is 2.52. The molecule has 0 bridgehead atoms. The van der Waals surface area contributed by atoms with Gasteiger partial charge in [-0.05, 0) is 55.0 Å². The van der Waals surface area contributed by atoms with Gasteiger partial charge in [-0.25, -0.2) is 0 Å². The number of nitrogens with one attached hydrogen (secondary N) is 1. The van der Waals surface area contributed by atoms with Crippen molar-refractivity contribution in [3.8, 4) is 5.75 Å². The maximum Gasteiger partial charge on any atom is 0.115 e. The third-order valence-electron chi connectivity index (χ3n) is 4.11. The van der Waals surface area contributed by atoms with Crippen LogP contribution < -0.4 is 5.32 Å². The van der Waals surface area contributed by atoms with E-state index in [1.165, 1.54) is 11.1 Å². The minimum Gasteiger partial charge on any atom is -0.508 e. The number of aromatic hydroxyl groups is 1. The Kier molecular flexibility index (Phi) is 5.99. The van der Waals surface area contributed by atoms with Crippen molar-refractivity contribution in [2.45, 2.75) is 26.3 Å². The largest absolute Gasteiger partial charge is 0.508 e. The fraction of sp³-hybridized carbons (Fsp3) is 0.368. The summed E-state index contributed by atoms with van der Waals surface area (Å²) < 4.78 is 0. The maximum atomic E-state index is 9.63. The van der Waals surface area contributed by atoms with Crippen molar-refractivity contribution >= 4 is 0 Å². The molecule has 22 heavy (non-hydrogen) atoms. The van der Waals surface area contributed by atoms with E-state index >= 15 is 0 Å². The highest BCUT2D eigenvalue weighted by atomic mass is 16.3. The zero-order valence-electron chi connectivity index (χ0n) is 13.3. The molecule has 0 fully saturated rings. The highest BCUT2D eigenvalue weighted by Crippen LogP contribution is 2.19. The van der Waals surface area contributed by atoms with Gasteiger partial charge in [0.25, 0.3) is 0 Å². The summed E-state index contributed by atoms with van der Waals surface area (Å²) in [7, 11) is 0. The Balaban J connectivity index is 1.92. The number of aliphatic hydroxyl groups excluding tert-OH is 1. The predicted molar refractivity (Wildman–Crippen MR) is 90.0 cm³/mol. The van der Waals surface area contributed by atoms with Gasteiger partial charge in [0.1, 0.15) is 5.75 Å². The van der Waals surface area contributed by atoms with Gasteiger partial charge in [-0.3, -0.25) is 0 Å². The van der Waals surface area contributed by atoms with Crippen LogP contribution in [-0.2, 0) is 6.42 Å². The topological polar surface area (TPSA) is 52.5 Å². The number of rotatable bonds is 7. The van der Waals surface area contributed by atoms with Crippen LogP contribution in [0, 0.1) is 12.8 Å². The quantitative estimate of drug-likeness (QED) is 0.736. The van der Waals surface area contributed by atoms with Crippen molar-refractivity contribution in [2.24, 2.45) is 5.92 Å². The molecule has 2 atom stereocenters. The second-order valence-electron chi connectivity index (χ2n) is 5.90. The molecular weight excluding hydrogens is 274 g/mol. The lowest BCUT2D eigenvalue weighted by molar-refractivity contribution is 0.218. The standard InChI is InChI=1S/C19H25NO2/c1-14-6-3-4-7-17(14)10-16(13-21)12-20-15(2)18-8-5-9-19(22)11-18/h3-9,11,15-16,20-22H,10,12-13H2,1-2H3. The molecule has 2 rings (SSSR count). The molecule has 0 aliphatic heterocycles. The smallest absolute Gasteiger partial charge is 0.115 e. The minimum atomic E-state index is 0.137. The van der Waals surface area contributed by atoms with Gasteiger partial charge in [0.05, 0.1) is 0 Å². The van der Waals surface area contributed by atoms with E-state index in [4.69, 9.17) is 0 Å². The molecule has 0 aliphatic rings. The van der Waals surface area contributed by atoms with Gasteiger partial charge in [-0.15, -0.1) is 0 Å². The Hall–Kier alpha value is -1.84. The molecular formula is C19H25NO2. The Morgan fingerprint density at radius 1 is 1.09 bits per heavy atom. The molecule has 0 heterocycles. The van der Waals surface area contributed by atoms with Crippen molar-refractivity contribution in [2.75, 3.05) is 13.2 Å². The molecule has 0 radical (unpaired) electrons. The number of benzene rings is 2. The first-order valence-corrected chi connectivity index (χ1v) is 7.78. The van der Waals surface area contributed by atoms with Crippen molar-refractivity contribution in [1.29, 1.82) is 0 Å². The van der Waals surface area contributed by atoms with Crippen molar-refractivity contribution < 1.29 is 10.2 Å². The van der Waals surface area contributed by atoms with Gasteiger partial charge in [0.2, 0.25) is 0 Å². The summed E-state index contributed by atoms with van der Waals surface area (Å²) in [6.07, 6.45) is 0.864. The van der Waals surface area contributed by atoms with Crippen molar-refractivity contribution in [3.63, 3.8) is 0 Å². The molecule has 0 aromatic heterocycles. The zero-order valence-corrected chi connectivity index (χ0v) is 13.3. The van der Waals surface area contributed by atoms with Crippen LogP contribution in [0.3, 0.4) is 0 Å². The Bertz CT molecular complexity index is 597. The summed E-state index contributed by atoms with van der Waals surface area (Å²) in [5, 5.41) is 22.6. The predicted octanol–water partition coefficient (Wildman–Crippen LogP) is 3.20. The van der Waals surface area contributed by atoms with E-state index in [0.717, 1.165) is 18.5 Å². The van der Waals surface area contributed by atoms with E-state index in [0.29, 0.717) is 0 Å². The summed E-state index contributed by atoms with van der Waals surface area (Å²) in [6, 6.07) is 15.7. The highest BCUT2D eigenvalue weighted by Gasteiger charge is 2.12. The van der Waals surface area contributed by atoms with E-state index in [-0.39, 0.29) is 24.3 Å². The summed E-state index contributed by atoms with van der Waals surface area (Å²) in [4.78, 5) is 0. The normalized spacial score (nSPS) is 13.8. The summed E-state index contributed by atoms with van der Waals surface area (Å²) >= 11 is 0. The molecule has 2 aromatic rings. The zero-order chi connectivity index (χ0) is 15.9. The number of aryl methyl sites for hydroxylation is 1. The number of aliphatic hydroxyl groups is 1. The summed E-state index contributed by atoms with van der Waals surface area (Å²) in [6.45, 7) is 5.07. The first kappa shape index (κ1) is 16.5. The molecule has 0 aliphatic carbocycles. The van der Waals surface area contributed by atoms with Gasteiger partial charge in [-0.1, -0.05) is 36.4 Å². The number of phenolic OH excluding ortho intramolecular Hbond substituents is 1. The Morgan fingerprint density at radius 2 is 1.86 bits per heavy atom. The first-order valence-electron chi connectivity index (χ1n) is 7.78. The van der Waals surface area contributed by atoms with Crippen LogP contribution in [0.1, 0.15) is 29.7 Å². The van der Waals surface area contributed by atoms with Gasteiger partial charge >= 0.3 is 0 Å². The second-order valence-corrected chi connectivity index (χ2v) is 5.90. The van der Waals surface area contributed by atoms with Crippen LogP contribution in [0.15, 0.2) is 48.5 Å². The molecule has 0 spiro atoms. The SMILES string of the molecule is Cc1ccccc1CC(CO)CNC(C)c1cccc(O)c1. The maximum absolute atomic E-state index is 9.63. The fourth-order valence-corrected chi connectivity index (χ4v) is 2.61. The van der Waals surface area contributed by atoms with Crippen molar-refractivity contribution in [1.82, 2.24) is 5.32 Å². The minimum absolute atomic E-state index is 0.137. The lowest BCUT2D eigenvalue weighted by atomic mass is 9.96. The van der Waals surface area contributed by atoms with Crippen molar-refractivity contribution in [3.05, 3.63) is 65.2 Å². The van der Waals surface area contributed by atoms with Crippen LogP contribution in [0.5, 0.6) is 5.75 Å². The van der Waals surface area contributed by atoms with Crippen LogP contribution >= 0.6 is 0 Å². The molecule has 2 unspecified atom stereocenters. The van der Waals surface area contributed by atoms with E-state index < -0.39 is 0 Å².